The van der Waals surface area contributed by atoms with Crippen LogP contribution in [0.5, 0.6) is 0 Å². The van der Waals surface area contributed by atoms with Crippen molar-refractivity contribution in [3.05, 3.63) is 0 Å². The van der Waals surface area contributed by atoms with Gasteiger partial charge in [0.25, 0.3) is 0 Å². The number of nitrogens with zero attached hydrogens (tertiary/aromatic N) is 1. The predicted octanol–water partition coefficient (Wildman–Crippen LogP) is 1.28. The number of hydrogen-bond acceptors (Lipinski definition) is 3. The van der Waals surface area contributed by atoms with Crippen molar-refractivity contribution in [2.45, 2.75) is 13.3 Å². The Balaban J connectivity index is 2.21. The van der Waals surface area contributed by atoms with E-state index in [2.05, 4.69) is 30.4 Å². The smallest absolute Gasteiger partial charge is 0.00694 e. The molecule has 0 bridgehead atoms. The van der Waals surface area contributed by atoms with Gasteiger partial charge in [0.1, 0.15) is 0 Å². The molecule has 0 amide bonds. The van der Waals surface area contributed by atoms with Gasteiger partial charge in [0.05, 0.1) is 0 Å². The van der Waals surface area contributed by atoms with Crippen LogP contribution >= 0.6 is 11.8 Å². The van der Waals surface area contributed by atoms with Gasteiger partial charge in [-0.05, 0) is 31.7 Å². The van der Waals surface area contributed by atoms with Crippen molar-refractivity contribution < 1.29 is 0 Å². The molecule has 1 aliphatic heterocycles. The van der Waals surface area contributed by atoms with E-state index in [1.807, 2.05) is 11.8 Å². The third-order valence-electron chi connectivity index (χ3n) is 2.79. The lowest BCUT2D eigenvalue weighted by molar-refractivity contribution is 0.218. The highest BCUT2D eigenvalue weighted by Gasteiger charge is 2.29. The van der Waals surface area contributed by atoms with Crippen LogP contribution in [-0.4, -0.2) is 50.1 Å². The summed E-state index contributed by atoms with van der Waals surface area (Å²) in [6, 6.07) is 0. The molecule has 3 heteroatoms. The van der Waals surface area contributed by atoms with Gasteiger partial charge in [0.15, 0.2) is 0 Å². The summed E-state index contributed by atoms with van der Waals surface area (Å²) in [4.78, 5) is 2.46. The first-order chi connectivity index (χ1) is 6.16. The second-order valence-corrected chi connectivity index (χ2v) is 5.45. The summed E-state index contributed by atoms with van der Waals surface area (Å²) >= 11 is 1.93. The molecule has 1 saturated heterocycles. The Bertz CT molecular complexity index is 144. The maximum absolute atomic E-state index is 3.44. The maximum atomic E-state index is 3.44. The molecular formula is C10H22N2S. The molecule has 2 nitrogen and oxygen atoms in total. The van der Waals surface area contributed by atoms with Crippen molar-refractivity contribution in [2.75, 3.05) is 45.2 Å². The van der Waals surface area contributed by atoms with Gasteiger partial charge < -0.3 is 10.2 Å². The molecule has 1 heterocycles. The maximum Gasteiger partial charge on any atom is 0.00694 e. The quantitative estimate of drug-likeness (QED) is 0.723. The number of thioether (sulfide) groups is 1. The van der Waals surface area contributed by atoms with Crippen LogP contribution in [0.2, 0.25) is 0 Å². The lowest BCUT2D eigenvalue weighted by Gasteiger charge is -2.28. The topological polar surface area (TPSA) is 15.3 Å². The highest BCUT2D eigenvalue weighted by Crippen LogP contribution is 2.24. The Morgan fingerprint density at radius 2 is 2.31 bits per heavy atom. The van der Waals surface area contributed by atoms with Gasteiger partial charge >= 0.3 is 0 Å². The SMILES string of the molecule is CSCCN(C)CC1(C)CCNC1. The molecule has 0 aliphatic carbocycles. The monoisotopic (exact) mass is 202 g/mol. The van der Waals surface area contributed by atoms with E-state index in [-0.39, 0.29) is 0 Å². The van der Waals surface area contributed by atoms with Crippen LogP contribution in [0, 0.1) is 5.41 Å². The fourth-order valence-electron chi connectivity index (χ4n) is 1.98. The molecule has 13 heavy (non-hydrogen) atoms. The second-order valence-electron chi connectivity index (χ2n) is 4.47. The van der Waals surface area contributed by atoms with E-state index in [1.165, 1.54) is 38.4 Å². The molecular weight excluding hydrogens is 180 g/mol. The van der Waals surface area contributed by atoms with E-state index in [0.717, 1.165) is 0 Å². The first kappa shape index (κ1) is 11.3. The minimum atomic E-state index is 0.521. The molecule has 1 aliphatic rings. The molecule has 78 valence electrons. The number of hydrogen-bond donors (Lipinski definition) is 1. The van der Waals surface area contributed by atoms with Crippen LogP contribution in [0.3, 0.4) is 0 Å². The molecule has 0 radical (unpaired) electrons. The first-order valence-electron chi connectivity index (χ1n) is 5.04. The van der Waals surface area contributed by atoms with Gasteiger partial charge in [0.2, 0.25) is 0 Å². The van der Waals surface area contributed by atoms with Crippen molar-refractivity contribution in [1.29, 1.82) is 0 Å². The fraction of sp³-hybridized carbons (Fsp3) is 1.00. The zero-order chi connectivity index (χ0) is 9.73. The van der Waals surface area contributed by atoms with Crippen LogP contribution in [0.1, 0.15) is 13.3 Å². The largest absolute Gasteiger partial charge is 0.316 e. The average Bonchev–Trinajstić information content (AvgIpc) is 2.48. The molecule has 0 spiro atoms. The standard InChI is InChI=1S/C10H22N2S/c1-10(4-5-11-8-10)9-12(2)6-7-13-3/h11H,4-9H2,1-3H3. The van der Waals surface area contributed by atoms with Crippen molar-refractivity contribution in [2.24, 2.45) is 5.41 Å². The van der Waals surface area contributed by atoms with Crippen LogP contribution in [0.15, 0.2) is 0 Å². The van der Waals surface area contributed by atoms with E-state index in [9.17, 15) is 0 Å². The third-order valence-corrected chi connectivity index (χ3v) is 3.38. The van der Waals surface area contributed by atoms with E-state index in [0.29, 0.717) is 5.41 Å². The highest BCUT2D eigenvalue weighted by molar-refractivity contribution is 7.98. The van der Waals surface area contributed by atoms with Gasteiger partial charge in [-0.25, -0.2) is 0 Å². The van der Waals surface area contributed by atoms with Gasteiger partial charge in [0, 0.05) is 25.4 Å². The third kappa shape index (κ3) is 3.88. The Morgan fingerprint density at radius 1 is 1.54 bits per heavy atom. The summed E-state index contributed by atoms with van der Waals surface area (Å²) < 4.78 is 0. The Morgan fingerprint density at radius 3 is 2.85 bits per heavy atom. The Labute approximate surface area is 86.5 Å². The van der Waals surface area contributed by atoms with E-state index in [1.54, 1.807) is 0 Å². The van der Waals surface area contributed by atoms with Gasteiger partial charge in [-0.15, -0.1) is 0 Å². The summed E-state index contributed by atoms with van der Waals surface area (Å²) in [5.74, 6) is 1.25. The molecule has 0 aromatic carbocycles. The zero-order valence-electron chi connectivity index (χ0n) is 9.10. The van der Waals surface area contributed by atoms with E-state index >= 15 is 0 Å². The zero-order valence-corrected chi connectivity index (χ0v) is 9.91. The van der Waals surface area contributed by atoms with Crippen LogP contribution < -0.4 is 5.32 Å². The van der Waals surface area contributed by atoms with Crippen molar-refractivity contribution in [3.63, 3.8) is 0 Å². The lowest BCUT2D eigenvalue weighted by atomic mass is 9.89. The predicted molar refractivity (Wildman–Crippen MR) is 61.5 cm³/mol. The fourth-order valence-corrected chi connectivity index (χ4v) is 2.48. The second kappa shape index (κ2) is 5.23. The minimum Gasteiger partial charge on any atom is -0.316 e. The molecule has 0 saturated carbocycles. The summed E-state index contributed by atoms with van der Waals surface area (Å²) in [5, 5.41) is 3.44. The summed E-state index contributed by atoms with van der Waals surface area (Å²) in [6.07, 6.45) is 3.50. The molecule has 1 fully saturated rings. The molecule has 0 aromatic rings. The van der Waals surface area contributed by atoms with Crippen LogP contribution in [0.25, 0.3) is 0 Å². The van der Waals surface area contributed by atoms with Gasteiger partial charge in [-0.3, -0.25) is 0 Å². The molecule has 0 aromatic heterocycles. The van der Waals surface area contributed by atoms with Gasteiger partial charge in [-0.1, -0.05) is 6.92 Å². The number of nitrogens with one attached hydrogen (secondary N) is 1. The molecule has 1 N–H and O–H groups in total. The lowest BCUT2D eigenvalue weighted by Crippen LogP contribution is -2.36. The van der Waals surface area contributed by atoms with Crippen molar-refractivity contribution >= 4 is 11.8 Å². The van der Waals surface area contributed by atoms with Crippen LogP contribution in [0.4, 0.5) is 0 Å². The molecule has 1 unspecified atom stereocenters. The van der Waals surface area contributed by atoms with Crippen molar-refractivity contribution in [1.82, 2.24) is 10.2 Å². The van der Waals surface area contributed by atoms with E-state index < -0.39 is 0 Å². The average molecular weight is 202 g/mol. The van der Waals surface area contributed by atoms with Crippen LogP contribution in [-0.2, 0) is 0 Å². The highest BCUT2D eigenvalue weighted by atomic mass is 32.2. The van der Waals surface area contributed by atoms with Crippen molar-refractivity contribution in [3.8, 4) is 0 Å². The summed E-state index contributed by atoms with van der Waals surface area (Å²) in [6.45, 7) is 7.24. The Kier molecular flexibility index (Phi) is 4.56. The minimum absolute atomic E-state index is 0.521. The molecule has 1 atom stereocenters. The first-order valence-corrected chi connectivity index (χ1v) is 6.44. The summed E-state index contributed by atoms with van der Waals surface area (Å²) in [5.41, 5.74) is 0.521. The number of rotatable bonds is 5. The van der Waals surface area contributed by atoms with Gasteiger partial charge in [-0.2, -0.15) is 11.8 Å². The normalized spacial score (nSPS) is 28.6. The Hall–Kier alpha value is 0.270. The van der Waals surface area contributed by atoms with E-state index in [4.69, 9.17) is 0 Å². The molecule has 1 rings (SSSR count). The summed E-state index contributed by atoms with van der Waals surface area (Å²) in [7, 11) is 2.24.